The lowest BCUT2D eigenvalue weighted by Crippen LogP contribution is -2.57. The molecule has 3 fully saturated rings. The summed E-state index contributed by atoms with van der Waals surface area (Å²) in [6.45, 7) is 2.36. The quantitative estimate of drug-likeness (QED) is 0.600. The Bertz CT molecular complexity index is 335. The molecule has 3 rings (SSSR count). The highest BCUT2D eigenvalue weighted by Crippen LogP contribution is 2.51. The summed E-state index contributed by atoms with van der Waals surface area (Å²) in [5, 5.41) is 0. The fraction of sp³-hybridized carbons (Fsp3) is 1.00. The van der Waals surface area contributed by atoms with Crippen LogP contribution in [-0.4, -0.2) is 18.8 Å². The summed E-state index contributed by atoms with van der Waals surface area (Å²) >= 11 is 0. The zero-order valence-corrected chi connectivity index (χ0v) is 13.2. The lowest BCUT2D eigenvalue weighted by molar-refractivity contribution is -0.0853. The van der Waals surface area contributed by atoms with Gasteiger partial charge in [0.15, 0.2) is 0 Å². The number of hydrogen-bond acceptors (Lipinski definition) is 3. The Kier molecular flexibility index (Phi) is 4.40. The normalized spacial score (nSPS) is 45.8. The van der Waals surface area contributed by atoms with Crippen LogP contribution in [0.3, 0.4) is 0 Å². The molecule has 3 aliphatic carbocycles. The fourth-order valence-electron chi connectivity index (χ4n) is 5.59. The van der Waals surface area contributed by atoms with Gasteiger partial charge in [0, 0.05) is 7.11 Å². The Morgan fingerprint density at radius 2 is 2.15 bits per heavy atom. The van der Waals surface area contributed by atoms with Crippen molar-refractivity contribution in [3.05, 3.63) is 0 Å². The minimum Gasteiger partial charge on any atom is -0.377 e. The van der Waals surface area contributed by atoms with E-state index in [0.29, 0.717) is 6.04 Å². The molecule has 0 aromatic carbocycles. The van der Waals surface area contributed by atoms with Gasteiger partial charge in [-0.25, -0.2) is 0 Å². The second-order valence-electron chi connectivity index (χ2n) is 7.86. The molecule has 0 heterocycles. The second kappa shape index (κ2) is 5.94. The molecule has 3 aliphatic rings. The van der Waals surface area contributed by atoms with E-state index in [1.54, 1.807) is 0 Å². The first-order chi connectivity index (χ1) is 9.66. The molecule has 3 nitrogen and oxygen atoms in total. The Balaban J connectivity index is 1.67. The minimum atomic E-state index is -0.0196. The summed E-state index contributed by atoms with van der Waals surface area (Å²) < 4.78 is 6.05. The third kappa shape index (κ3) is 2.65. The van der Waals surface area contributed by atoms with Crippen LogP contribution in [0.25, 0.3) is 0 Å². The number of methoxy groups -OCH3 is 1. The van der Waals surface area contributed by atoms with E-state index in [1.807, 2.05) is 7.11 Å². The molecule has 0 spiro atoms. The number of ether oxygens (including phenoxy) is 1. The summed E-state index contributed by atoms with van der Waals surface area (Å²) in [5.74, 6) is 9.61. The van der Waals surface area contributed by atoms with E-state index in [0.717, 1.165) is 23.7 Å². The molecule has 3 N–H and O–H groups in total. The van der Waals surface area contributed by atoms with Gasteiger partial charge in [-0.2, -0.15) is 0 Å². The molecular weight excluding hydrogens is 248 g/mol. The van der Waals surface area contributed by atoms with Crippen LogP contribution in [0.2, 0.25) is 0 Å². The lowest BCUT2D eigenvalue weighted by atomic mass is 9.71. The predicted molar refractivity (Wildman–Crippen MR) is 82.0 cm³/mol. The summed E-state index contributed by atoms with van der Waals surface area (Å²) in [5.41, 5.74) is 3.13. The van der Waals surface area contributed by atoms with Crippen molar-refractivity contribution >= 4 is 0 Å². The molecule has 2 bridgehead atoms. The molecule has 116 valence electrons. The number of nitrogens with one attached hydrogen (secondary N) is 1. The molecule has 0 aliphatic heterocycles. The van der Waals surface area contributed by atoms with Crippen LogP contribution in [-0.2, 0) is 4.74 Å². The van der Waals surface area contributed by atoms with Gasteiger partial charge in [0.1, 0.15) is 0 Å². The smallest absolute Gasteiger partial charge is 0.0847 e. The van der Waals surface area contributed by atoms with Gasteiger partial charge in [0.2, 0.25) is 0 Å². The van der Waals surface area contributed by atoms with Gasteiger partial charge < -0.3 is 4.74 Å². The highest BCUT2D eigenvalue weighted by Gasteiger charge is 2.46. The first-order valence-corrected chi connectivity index (χ1v) is 8.68. The fourth-order valence-corrected chi connectivity index (χ4v) is 5.59. The maximum Gasteiger partial charge on any atom is 0.0847 e. The van der Waals surface area contributed by atoms with Crippen LogP contribution >= 0.6 is 0 Å². The van der Waals surface area contributed by atoms with Gasteiger partial charge in [-0.3, -0.25) is 11.3 Å². The van der Waals surface area contributed by atoms with Crippen molar-refractivity contribution in [3.8, 4) is 0 Å². The van der Waals surface area contributed by atoms with Crippen molar-refractivity contribution in [2.24, 2.45) is 29.5 Å². The first kappa shape index (κ1) is 14.8. The molecule has 3 heteroatoms. The molecule has 0 aromatic rings. The van der Waals surface area contributed by atoms with Gasteiger partial charge in [0.25, 0.3) is 0 Å². The molecule has 20 heavy (non-hydrogen) atoms. The number of fused-ring (bicyclic) bond motifs is 2. The second-order valence-corrected chi connectivity index (χ2v) is 7.86. The lowest BCUT2D eigenvalue weighted by Gasteiger charge is -2.45. The van der Waals surface area contributed by atoms with Crippen LogP contribution in [0.15, 0.2) is 0 Å². The molecule has 6 unspecified atom stereocenters. The Morgan fingerprint density at radius 1 is 1.30 bits per heavy atom. The van der Waals surface area contributed by atoms with E-state index >= 15 is 0 Å². The predicted octanol–water partition coefficient (Wildman–Crippen LogP) is 3.24. The monoisotopic (exact) mass is 280 g/mol. The standard InChI is InChI=1S/C17H32N2O/c1-12-4-3-7-17(11-12,20-2)16(19-18)10-15-9-13-5-6-14(15)8-13/h12-16,19H,3-11,18H2,1-2H3. The van der Waals surface area contributed by atoms with E-state index in [9.17, 15) is 0 Å². The Hall–Kier alpha value is -0.120. The topological polar surface area (TPSA) is 47.3 Å². The summed E-state index contributed by atoms with van der Waals surface area (Å²) in [7, 11) is 1.89. The van der Waals surface area contributed by atoms with Crippen molar-refractivity contribution in [2.45, 2.75) is 76.4 Å². The Labute approximate surface area is 124 Å². The first-order valence-electron chi connectivity index (χ1n) is 8.68. The van der Waals surface area contributed by atoms with Crippen LogP contribution in [0.1, 0.15) is 64.7 Å². The summed E-state index contributed by atoms with van der Waals surface area (Å²) in [6, 6.07) is 0.333. The largest absolute Gasteiger partial charge is 0.377 e. The van der Waals surface area contributed by atoms with Gasteiger partial charge in [-0.05, 0) is 62.2 Å². The zero-order valence-electron chi connectivity index (χ0n) is 13.2. The molecule has 3 saturated carbocycles. The van der Waals surface area contributed by atoms with Gasteiger partial charge in [-0.1, -0.05) is 26.2 Å². The maximum absolute atomic E-state index is 6.05. The molecular formula is C17H32N2O. The third-order valence-electron chi connectivity index (χ3n) is 6.66. The molecule has 0 radical (unpaired) electrons. The number of hydrazine groups is 1. The van der Waals surface area contributed by atoms with Gasteiger partial charge >= 0.3 is 0 Å². The number of nitrogens with two attached hydrogens (primary N) is 1. The van der Waals surface area contributed by atoms with E-state index < -0.39 is 0 Å². The summed E-state index contributed by atoms with van der Waals surface area (Å²) in [4.78, 5) is 0. The van der Waals surface area contributed by atoms with E-state index in [-0.39, 0.29) is 5.60 Å². The van der Waals surface area contributed by atoms with E-state index in [4.69, 9.17) is 10.6 Å². The molecule has 0 saturated heterocycles. The minimum absolute atomic E-state index is 0.0196. The Morgan fingerprint density at radius 3 is 2.70 bits per heavy atom. The molecule has 0 aromatic heterocycles. The van der Waals surface area contributed by atoms with Crippen molar-refractivity contribution in [3.63, 3.8) is 0 Å². The number of rotatable bonds is 5. The van der Waals surface area contributed by atoms with E-state index in [1.165, 1.54) is 57.8 Å². The average molecular weight is 280 g/mol. The molecule has 6 atom stereocenters. The maximum atomic E-state index is 6.05. The van der Waals surface area contributed by atoms with E-state index in [2.05, 4.69) is 12.3 Å². The van der Waals surface area contributed by atoms with Crippen LogP contribution in [0, 0.1) is 23.7 Å². The van der Waals surface area contributed by atoms with Crippen LogP contribution in [0.5, 0.6) is 0 Å². The highest BCUT2D eigenvalue weighted by molar-refractivity contribution is 5.00. The summed E-state index contributed by atoms with van der Waals surface area (Å²) in [6.07, 6.45) is 12.1. The van der Waals surface area contributed by atoms with Crippen LogP contribution < -0.4 is 11.3 Å². The number of hydrogen-bond donors (Lipinski definition) is 2. The van der Waals surface area contributed by atoms with Gasteiger partial charge in [-0.15, -0.1) is 0 Å². The van der Waals surface area contributed by atoms with Gasteiger partial charge in [0.05, 0.1) is 11.6 Å². The zero-order chi connectivity index (χ0) is 14.2. The van der Waals surface area contributed by atoms with Crippen LogP contribution in [0.4, 0.5) is 0 Å². The van der Waals surface area contributed by atoms with Crippen molar-refractivity contribution < 1.29 is 4.74 Å². The SMILES string of the molecule is COC1(C(CC2CC3CCC2C3)NN)CCCC(C)C1. The molecule has 0 amide bonds. The third-order valence-corrected chi connectivity index (χ3v) is 6.66. The average Bonchev–Trinajstić information content (AvgIpc) is 3.07. The highest BCUT2D eigenvalue weighted by atomic mass is 16.5. The van der Waals surface area contributed by atoms with Crippen molar-refractivity contribution in [1.82, 2.24) is 5.43 Å². The van der Waals surface area contributed by atoms with Crippen molar-refractivity contribution in [1.29, 1.82) is 0 Å². The van der Waals surface area contributed by atoms with Crippen molar-refractivity contribution in [2.75, 3.05) is 7.11 Å².